The molecule has 0 saturated heterocycles. The summed E-state index contributed by atoms with van der Waals surface area (Å²) in [5.74, 6) is 0.677. The average molecular weight is 318 g/mol. The number of amides is 1. The highest BCUT2D eigenvalue weighted by Gasteiger charge is 2.23. The Labute approximate surface area is 139 Å². The molecule has 0 aromatic heterocycles. The van der Waals surface area contributed by atoms with Crippen molar-refractivity contribution in [2.45, 2.75) is 77.0 Å². The van der Waals surface area contributed by atoms with E-state index in [2.05, 4.69) is 38.2 Å². The predicted octanol–water partition coefficient (Wildman–Crippen LogP) is 3.14. The summed E-state index contributed by atoms with van der Waals surface area (Å²) >= 11 is 0. The molecule has 1 unspecified atom stereocenters. The lowest BCUT2D eigenvalue weighted by atomic mass is 9.87. The number of ether oxygens (including phenoxy) is 1. The summed E-state index contributed by atoms with van der Waals surface area (Å²) in [6.07, 6.45) is 3.38. The van der Waals surface area contributed by atoms with Crippen LogP contribution in [0.15, 0.2) is 24.3 Å². The van der Waals surface area contributed by atoms with Gasteiger partial charge in [-0.1, -0.05) is 32.9 Å². The van der Waals surface area contributed by atoms with Gasteiger partial charge in [0.05, 0.1) is 0 Å². The van der Waals surface area contributed by atoms with E-state index in [1.165, 1.54) is 5.56 Å². The first-order valence-electron chi connectivity index (χ1n) is 8.59. The quantitative estimate of drug-likeness (QED) is 0.896. The van der Waals surface area contributed by atoms with Crippen LogP contribution in [0, 0.1) is 0 Å². The zero-order valence-electron chi connectivity index (χ0n) is 14.8. The summed E-state index contributed by atoms with van der Waals surface area (Å²) in [4.78, 5) is 12.3. The number of carbonyl (C=O) groups excluding carboxylic acids is 1. The highest BCUT2D eigenvalue weighted by atomic mass is 16.5. The zero-order chi connectivity index (χ0) is 17.0. The van der Waals surface area contributed by atoms with Crippen molar-refractivity contribution >= 4 is 5.91 Å². The molecule has 0 radical (unpaired) electrons. The number of nitrogens with one attached hydrogen (secondary N) is 1. The summed E-state index contributed by atoms with van der Waals surface area (Å²) in [6, 6.07) is 8.51. The van der Waals surface area contributed by atoms with Crippen LogP contribution in [-0.4, -0.2) is 24.1 Å². The molecule has 1 aliphatic carbocycles. The summed E-state index contributed by atoms with van der Waals surface area (Å²) in [6.45, 7) is 8.32. The number of nitrogens with two attached hydrogens (primary N) is 1. The van der Waals surface area contributed by atoms with Gasteiger partial charge in [0.2, 0.25) is 0 Å². The maximum atomic E-state index is 12.3. The SMILES string of the molecule is CC(Oc1ccc(C(C)(C)C)cc1)C(=O)NC1CCC(N)CC1. The lowest BCUT2D eigenvalue weighted by molar-refractivity contribution is -0.128. The van der Waals surface area contributed by atoms with Crippen molar-refractivity contribution in [3.63, 3.8) is 0 Å². The van der Waals surface area contributed by atoms with Crippen LogP contribution < -0.4 is 15.8 Å². The molecule has 1 aromatic carbocycles. The Balaban J connectivity index is 1.86. The van der Waals surface area contributed by atoms with Crippen molar-refractivity contribution < 1.29 is 9.53 Å². The molecule has 1 amide bonds. The molecular weight excluding hydrogens is 288 g/mol. The van der Waals surface area contributed by atoms with E-state index in [1.54, 1.807) is 6.92 Å². The van der Waals surface area contributed by atoms with Crippen molar-refractivity contribution in [3.8, 4) is 5.75 Å². The van der Waals surface area contributed by atoms with Crippen molar-refractivity contribution in [3.05, 3.63) is 29.8 Å². The van der Waals surface area contributed by atoms with Gasteiger partial charge in [-0.2, -0.15) is 0 Å². The molecule has 128 valence electrons. The minimum Gasteiger partial charge on any atom is -0.481 e. The third kappa shape index (κ3) is 5.24. The van der Waals surface area contributed by atoms with E-state index in [0.29, 0.717) is 0 Å². The molecule has 1 aromatic rings. The smallest absolute Gasteiger partial charge is 0.260 e. The molecule has 0 heterocycles. The summed E-state index contributed by atoms with van der Waals surface area (Å²) in [7, 11) is 0. The van der Waals surface area contributed by atoms with Gasteiger partial charge in [-0.15, -0.1) is 0 Å². The largest absolute Gasteiger partial charge is 0.481 e. The van der Waals surface area contributed by atoms with Crippen LogP contribution in [-0.2, 0) is 10.2 Å². The second kappa shape index (κ2) is 7.35. The van der Waals surface area contributed by atoms with E-state index in [0.717, 1.165) is 31.4 Å². The second-order valence-electron chi connectivity index (χ2n) is 7.65. The van der Waals surface area contributed by atoms with Gasteiger partial charge in [-0.05, 0) is 55.7 Å². The highest BCUT2D eigenvalue weighted by Crippen LogP contribution is 2.24. The average Bonchev–Trinajstić information content (AvgIpc) is 2.49. The van der Waals surface area contributed by atoms with Gasteiger partial charge in [-0.3, -0.25) is 4.79 Å². The standard InChI is InChI=1S/C19H30N2O2/c1-13(18(22)21-16-9-7-15(20)8-10-16)23-17-11-5-14(6-12-17)19(2,3)4/h5-6,11-13,15-16H,7-10,20H2,1-4H3,(H,21,22). The van der Waals surface area contributed by atoms with E-state index in [4.69, 9.17) is 10.5 Å². The van der Waals surface area contributed by atoms with Gasteiger partial charge in [0, 0.05) is 12.1 Å². The van der Waals surface area contributed by atoms with E-state index in [9.17, 15) is 4.79 Å². The van der Waals surface area contributed by atoms with Crippen LogP contribution in [0.25, 0.3) is 0 Å². The van der Waals surface area contributed by atoms with Gasteiger partial charge in [0.15, 0.2) is 6.10 Å². The fourth-order valence-corrected chi connectivity index (χ4v) is 2.87. The first kappa shape index (κ1) is 17.8. The summed E-state index contributed by atoms with van der Waals surface area (Å²) in [5.41, 5.74) is 7.26. The predicted molar refractivity (Wildman–Crippen MR) is 93.6 cm³/mol. The number of hydrogen-bond donors (Lipinski definition) is 2. The Kier molecular flexibility index (Phi) is 5.69. The Morgan fingerprint density at radius 2 is 1.74 bits per heavy atom. The molecule has 2 rings (SSSR count). The molecule has 1 fully saturated rings. The minimum absolute atomic E-state index is 0.0506. The van der Waals surface area contributed by atoms with E-state index in [1.807, 2.05) is 12.1 Å². The molecule has 0 spiro atoms. The molecule has 23 heavy (non-hydrogen) atoms. The number of benzene rings is 1. The fourth-order valence-electron chi connectivity index (χ4n) is 2.87. The summed E-state index contributed by atoms with van der Waals surface area (Å²) < 4.78 is 5.77. The van der Waals surface area contributed by atoms with Gasteiger partial charge in [-0.25, -0.2) is 0 Å². The summed E-state index contributed by atoms with van der Waals surface area (Å²) in [5, 5.41) is 3.08. The molecule has 3 N–H and O–H groups in total. The van der Waals surface area contributed by atoms with Crippen molar-refractivity contribution in [1.29, 1.82) is 0 Å². The second-order valence-corrected chi connectivity index (χ2v) is 7.65. The van der Waals surface area contributed by atoms with Gasteiger partial charge in [0.1, 0.15) is 5.75 Å². The molecule has 1 aliphatic rings. The first-order chi connectivity index (χ1) is 10.8. The van der Waals surface area contributed by atoms with Crippen molar-refractivity contribution in [2.75, 3.05) is 0 Å². The van der Waals surface area contributed by atoms with Gasteiger partial charge in [0.25, 0.3) is 5.91 Å². The third-order valence-electron chi connectivity index (χ3n) is 4.52. The maximum Gasteiger partial charge on any atom is 0.260 e. The zero-order valence-corrected chi connectivity index (χ0v) is 14.8. The highest BCUT2D eigenvalue weighted by molar-refractivity contribution is 5.81. The van der Waals surface area contributed by atoms with Crippen LogP contribution in [0.4, 0.5) is 0 Å². The Morgan fingerprint density at radius 3 is 2.26 bits per heavy atom. The Morgan fingerprint density at radius 1 is 1.17 bits per heavy atom. The van der Waals surface area contributed by atoms with Crippen LogP contribution in [0.5, 0.6) is 5.75 Å². The first-order valence-corrected chi connectivity index (χ1v) is 8.59. The Bertz CT molecular complexity index is 511. The van der Waals surface area contributed by atoms with E-state index in [-0.39, 0.29) is 23.4 Å². The third-order valence-corrected chi connectivity index (χ3v) is 4.52. The van der Waals surface area contributed by atoms with Crippen LogP contribution >= 0.6 is 0 Å². The van der Waals surface area contributed by atoms with Crippen LogP contribution in [0.2, 0.25) is 0 Å². The van der Waals surface area contributed by atoms with Crippen molar-refractivity contribution in [2.24, 2.45) is 5.73 Å². The fraction of sp³-hybridized carbons (Fsp3) is 0.632. The van der Waals surface area contributed by atoms with Crippen molar-refractivity contribution in [1.82, 2.24) is 5.32 Å². The molecule has 4 nitrogen and oxygen atoms in total. The van der Waals surface area contributed by atoms with E-state index >= 15 is 0 Å². The van der Waals surface area contributed by atoms with Crippen LogP contribution in [0.3, 0.4) is 0 Å². The number of rotatable bonds is 4. The molecule has 4 heteroatoms. The number of carbonyl (C=O) groups is 1. The topological polar surface area (TPSA) is 64.3 Å². The normalized spacial score (nSPS) is 23.2. The lowest BCUT2D eigenvalue weighted by Crippen LogP contribution is -2.45. The van der Waals surface area contributed by atoms with Crippen LogP contribution in [0.1, 0.15) is 58.9 Å². The Hall–Kier alpha value is -1.55. The monoisotopic (exact) mass is 318 g/mol. The lowest BCUT2D eigenvalue weighted by Gasteiger charge is -2.28. The molecule has 1 atom stereocenters. The van der Waals surface area contributed by atoms with Gasteiger partial charge < -0.3 is 15.8 Å². The minimum atomic E-state index is -0.494. The molecule has 0 bridgehead atoms. The molecule has 1 saturated carbocycles. The van der Waals surface area contributed by atoms with Gasteiger partial charge >= 0.3 is 0 Å². The number of hydrogen-bond acceptors (Lipinski definition) is 3. The molecular formula is C19H30N2O2. The maximum absolute atomic E-state index is 12.3. The molecule has 0 aliphatic heterocycles. The van der Waals surface area contributed by atoms with E-state index < -0.39 is 6.10 Å².